The van der Waals surface area contributed by atoms with Crippen LogP contribution in [0.25, 0.3) is 5.65 Å². The zero-order valence-electron chi connectivity index (χ0n) is 13.2. The summed E-state index contributed by atoms with van der Waals surface area (Å²) in [5.74, 6) is 1.11. The monoisotopic (exact) mass is 341 g/mol. The predicted octanol–water partition coefficient (Wildman–Crippen LogP) is 3.47. The number of imidazole rings is 1. The molecule has 24 heavy (non-hydrogen) atoms. The van der Waals surface area contributed by atoms with Crippen molar-refractivity contribution in [2.45, 2.75) is 32.2 Å². The molecule has 0 radical (unpaired) electrons. The van der Waals surface area contributed by atoms with Gasteiger partial charge < -0.3 is 9.72 Å². The summed E-state index contributed by atoms with van der Waals surface area (Å²) < 4.78 is 2.05. The van der Waals surface area contributed by atoms with E-state index in [9.17, 15) is 4.79 Å². The summed E-state index contributed by atoms with van der Waals surface area (Å²) in [6, 6.07) is 5.79. The molecule has 1 fully saturated rings. The summed E-state index contributed by atoms with van der Waals surface area (Å²) in [5.41, 5.74) is 3.18. The van der Waals surface area contributed by atoms with Gasteiger partial charge in [-0.1, -0.05) is 17.7 Å². The Morgan fingerprint density at radius 3 is 2.88 bits per heavy atom. The van der Waals surface area contributed by atoms with Crippen LogP contribution < -0.4 is 5.32 Å². The number of fused-ring (bicyclic) bond motifs is 1. The van der Waals surface area contributed by atoms with Crippen LogP contribution in [-0.4, -0.2) is 25.1 Å². The molecule has 0 unspecified atom stereocenters. The maximum absolute atomic E-state index is 11.4. The van der Waals surface area contributed by atoms with Gasteiger partial charge in [-0.3, -0.25) is 4.79 Å². The Bertz CT molecular complexity index is 932. The number of hydrogen-bond acceptors (Lipinski definition) is 5. The second-order valence-electron chi connectivity index (χ2n) is 6.04. The number of carbonyl (C=O) groups excluding carboxylic acids is 1. The zero-order chi connectivity index (χ0) is 16.7. The second kappa shape index (κ2) is 5.87. The van der Waals surface area contributed by atoms with E-state index >= 15 is 0 Å². The Labute approximate surface area is 143 Å². The van der Waals surface area contributed by atoms with E-state index < -0.39 is 0 Å². The highest BCUT2D eigenvalue weighted by Gasteiger charge is 2.23. The molecular formula is C17H16ClN5O. The van der Waals surface area contributed by atoms with Gasteiger partial charge in [0, 0.05) is 25.4 Å². The highest BCUT2D eigenvalue weighted by atomic mass is 35.5. The third-order valence-corrected chi connectivity index (χ3v) is 4.23. The van der Waals surface area contributed by atoms with Crippen molar-refractivity contribution in [3.8, 4) is 0 Å². The normalized spacial score (nSPS) is 14.1. The number of ketones is 1. The fourth-order valence-corrected chi connectivity index (χ4v) is 2.84. The lowest BCUT2D eigenvalue weighted by Crippen LogP contribution is -2.07. The zero-order valence-corrected chi connectivity index (χ0v) is 13.9. The fourth-order valence-electron chi connectivity index (χ4n) is 2.65. The van der Waals surface area contributed by atoms with Crippen LogP contribution in [0.5, 0.6) is 0 Å². The van der Waals surface area contributed by atoms with Gasteiger partial charge >= 0.3 is 0 Å². The van der Waals surface area contributed by atoms with Crippen molar-refractivity contribution >= 4 is 28.8 Å². The number of Topliss-reactive ketones (excluding diaryl/α,β-unsaturated/α-hetero) is 1. The minimum absolute atomic E-state index is 0.106. The molecule has 4 rings (SSSR count). The molecule has 0 saturated heterocycles. The Morgan fingerprint density at radius 1 is 1.29 bits per heavy atom. The van der Waals surface area contributed by atoms with Gasteiger partial charge in [-0.2, -0.15) is 0 Å². The van der Waals surface area contributed by atoms with Crippen LogP contribution in [0.4, 0.5) is 5.82 Å². The molecule has 0 aromatic carbocycles. The Hall–Kier alpha value is -2.47. The number of rotatable bonds is 5. The first kappa shape index (κ1) is 15.1. The lowest BCUT2D eigenvalue weighted by atomic mass is 10.2. The first-order valence-electron chi connectivity index (χ1n) is 7.85. The van der Waals surface area contributed by atoms with Crippen molar-refractivity contribution in [1.82, 2.24) is 19.4 Å². The predicted molar refractivity (Wildman–Crippen MR) is 91.5 cm³/mol. The minimum Gasteiger partial charge on any atom is -0.364 e. The lowest BCUT2D eigenvalue weighted by Gasteiger charge is -2.05. The van der Waals surface area contributed by atoms with Gasteiger partial charge in [-0.05, 0) is 30.4 Å². The molecule has 122 valence electrons. The maximum Gasteiger partial charge on any atom is 0.199 e. The first-order valence-corrected chi connectivity index (χ1v) is 8.23. The molecule has 3 aromatic rings. The summed E-state index contributed by atoms with van der Waals surface area (Å²) in [4.78, 5) is 24.0. The molecular weight excluding hydrogens is 326 g/mol. The van der Waals surface area contributed by atoms with E-state index in [1.807, 2.05) is 12.3 Å². The number of nitrogens with one attached hydrogen (secondary N) is 1. The molecule has 7 heteroatoms. The van der Waals surface area contributed by atoms with E-state index in [0.717, 1.165) is 11.3 Å². The van der Waals surface area contributed by atoms with Crippen molar-refractivity contribution in [1.29, 1.82) is 0 Å². The van der Waals surface area contributed by atoms with Crippen LogP contribution in [0.15, 0.2) is 30.6 Å². The fraction of sp³-hybridized carbons (Fsp3) is 0.294. The van der Waals surface area contributed by atoms with E-state index in [1.165, 1.54) is 25.3 Å². The largest absolute Gasteiger partial charge is 0.364 e. The molecule has 0 amide bonds. The van der Waals surface area contributed by atoms with Crippen LogP contribution in [0.1, 0.15) is 47.6 Å². The number of carbonyl (C=O) groups is 1. The number of nitrogens with zero attached hydrogens (tertiary/aromatic N) is 4. The molecule has 3 aromatic heterocycles. The summed E-state index contributed by atoms with van der Waals surface area (Å²) >= 11 is 5.93. The maximum atomic E-state index is 11.4. The van der Waals surface area contributed by atoms with Crippen LogP contribution in [-0.2, 0) is 6.54 Å². The van der Waals surface area contributed by atoms with Crippen LogP contribution in [0, 0.1) is 0 Å². The SMILES string of the molecule is CC(=O)c1nc(Cl)cc(NCc2cn3cc(C4CC4)ccc3n2)n1. The van der Waals surface area contributed by atoms with Crippen LogP contribution in [0.3, 0.4) is 0 Å². The van der Waals surface area contributed by atoms with Gasteiger partial charge in [0.1, 0.15) is 16.6 Å². The highest BCUT2D eigenvalue weighted by Crippen LogP contribution is 2.39. The minimum atomic E-state index is -0.221. The quantitative estimate of drug-likeness (QED) is 0.568. The highest BCUT2D eigenvalue weighted by molar-refractivity contribution is 6.29. The average Bonchev–Trinajstić information content (AvgIpc) is 3.32. The molecule has 0 atom stereocenters. The van der Waals surface area contributed by atoms with Gasteiger partial charge in [0.15, 0.2) is 11.6 Å². The van der Waals surface area contributed by atoms with Crippen LogP contribution in [0.2, 0.25) is 5.15 Å². The van der Waals surface area contributed by atoms with Gasteiger partial charge in [0.05, 0.1) is 12.2 Å². The molecule has 6 nitrogen and oxygen atoms in total. The topological polar surface area (TPSA) is 72.2 Å². The Morgan fingerprint density at radius 2 is 2.12 bits per heavy atom. The third kappa shape index (κ3) is 3.10. The molecule has 1 aliphatic carbocycles. The van der Waals surface area contributed by atoms with Gasteiger partial charge in [-0.15, -0.1) is 0 Å². The lowest BCUT2D eigenvalue weighted by molar-refractivity contribution is 0.100. The molecule has 1 aliphatic rings. The van der Waals surface area contributed by atoms with E-state index in [1.54, 1.807) is 6.07 Å². The molecule has 0 aliphatic heterocycles. The summed E-state index contributed by atoms with van der Waals surface area (Å²) in [6.45, 7) is 1.90. The van der Waals surface area contributed by atoms with Gasteiger partial charge in [0.25, 0.3) is 0 Å². The third-order valence-electron chi connectivity index (χ3n) is 4.03. The van der Waals surface area contributed by atoms with E-state index in [-0.39, 0.29) is 16.8 Å². The molecule has 3 heterocycles. The Balaban J connectivity index is 1.53. The van der Waals surface area contributed by atoms with Gasteiger partial charge in [0.2, 0.25) is 0 Å². The van der Waals surface area contributed by atoms with Crippen molar-refractivity contribution in [2.75, 3.05) is 5.32 Å². The molecule has 1 saturated carbocycles. The number of halogens is 1. The number of hydrogen-bond donors (Lipinski definition) is 1. The summed E-state index contributed by atoms with van der Waals surface area (Å²) in [5, 5.41) is 3.38. The molecule has 0 spiro atoms. The Kier molecular flexibility index (Phi) is 3.69. The standard InChI is InChI=1S/C17H16ClN5O/c1-10(24)17-21-14(18)6-15(22-17)19-7-13-9-23-8-12(11-2-3-11)4-5-16(23)20-13/h4-6,8-9,11H,2-3,7H2,1H3,(H,19,21,22). The number of aromatic nitrogens is 4. The second-order valence-corrected chi connectivity index (χ2v) is 6.43. The van der Waals surface area contributed by atoms with E-state index in [2.05, 4.69) is 36.9 Å². The van der Waals surface area contributed by atoms with Crippen molar-refractivity contribution in [3.05, 3.63) is 52.8 Å². The molecule has 1 N–H and O–H groups in total. The van der Waals surface area contributed by atoms with Crippen LogP contribution >= 0.6 is 11.6 Å². The van der Waals surface area contributed by atoms with Crippen molar-refractivity contribution < 1.29 is 4.79 Å². The number of anilines is 1. The van der Waals surface area contributed by atoms with Crippen molar-refractivity contribution in [2.24, 2.45) is 0 Å². The van der Waals surface area contributed by atoms with E-state index in [4.69, 9.17) is 11.6 Å². The first-order chi connectivity index (χ1) is 11.6. The number of pyridine rings is 1. The average molecular weight is 342 g/mol. The molecule has 0 bridgehead atoms. The van der Waals surface area contributed by atoms with Gasteiger partial charge in [-0.25, -0.2) is 15.0 Å². The smallest absolute Gasteiger partial charge is 0.199 e. The van der Waals surface area contributed by atoms with E-state index in [0.29, 0.717) is 18.3 Å². The summed E-state index contributed by atoms with van der Waals surface area (Å²) in [7, 11) is 0. The van der Waals surface area contributed by atoms with Crippen molar-refractivity contribution in [3.63, 3.8) is 0 Å². The summed E-state index contributed by atoms with van der Waals surface area (Å²) in [6.07, 6.45) is 6.71.